The topological polar surface area (TPSA) is 38.9 Å². The van der Waals surface area contributed by atoms with Crippen LogP contribution in [0.2, 0.25) is 0 Å². The zero-order valence-corrected chi connectivity index (χ0v) is 14.1. The lowest BCUT2D eigenvalue weighted by atomic mass is 9.88. The Kier molecular flexibility index (Phi) is 4.14. The van der Waals surface area contributed by atoms with Crippen LogP contribution in [0.1, 0.15) is 36.7 Å². The minimum atomic E-state index is -0.0305. The van der Waals surface area contributed by atoms with Crippen LogP contribution in [-0.4, -0.2) is 4.98 Å². The molecule has 2 nitrogen and oxygen atoms in total. The van der Waals surface area contributed by atoms with Gasteiger partial charge >= 0.3 is 0 Å². The van der Waals surface area contributed by atoms with Crippen LogP contribution in [0.25, 0.3) is 11.3 Å². The van der Waals surface area contributed by atoms with Gasteiger partial charge in [0, 0.05) is 14.9 Å². The van der Waals surface area contributed by atoms with Crippen LogP contribution in [0, 0.1) is 12.3 Å². The number of hydrogen-bond donors (Lipinski definition) is 1. The lowest BCUT2D eigenvalue weighted by Gasteiger charge is -2.24. The molecule has 0 fully saturated rings. The monoisotopic (exact) mass is 338 g/mol. The van der Waals surface area contributed by atoms with Gasteiger partial charge in [-0.1, -0.05) is 48.8 Å². The second kappa shape index (κ2) is 5.35. The van der Waals surface area contributed by atoms with Gasteiger partial charge in [-0.3, -0.25) is 0 Å². The van der Waals surface area contributed by atoms with Gasteiger partial charge in [-0.25, -0.2) is 4.98 Å². The molecule has 1 aromatic heterocycles. The Hall–Kier alpha value is -0.710. The zero-order valence-electron chi connectivity index (χ0n) is 11.7. The van der Waals surface area contributed by atoms with Crippen molar-refractivity contribution < 1.29 is 0 Å². The van der Waals surface area contributed by atoms with Gasteiger partial charge in [0.25, 0.3) is 0 Å². The molecule has 1 unspecified atom stereocenters. The van der Waals surface area contributed by atoms with E-state index in [4.69, 9.17) is 10.7 Å². The lowest BCUT2D eigenvalue weighted by molar-refractivity contribution is 0.326. The Labute approximate surface area is 127 Å². The summed E-state index contributed by atoms with van der Waals surface area (Å²) in [6.07, 6.45) is 0. The van der Waals surface area contributed by atoms with E-state index < -0.39 is 0 Å². The fourth-order valence-electron chi connectivity index (χ4n) is 1.82. The Morgan fingerprint density at radius 2 is 2.00 bits per heavy atom. The second-order valence-corrected chi connectivity index (χ2v) is 7.96. The first-order valence-electron chi connectivity index (χ1n) is 6.28. The van der Waals surface area contributed by atoms with E-state index >= 15 is 0 Å². The minimum absolute atomic E-state index is 0.0266. The van der Waals surface area contributed by atoms with Gasteiger partial charge in [0.05, 0.1) is 11.7 Å². The van der Waals surface area contributed by atoms with E-state index in [2.05, 4.69) is 55.8 Å². The molecule has 2 N–H and O–H groups in total. The van der Waals surface area contributed by atoms with Crippen molar-refractivity contribution in [3.63, 3.8) is 0 Å². The average Bonchev–Trinajstić information content (AvgIpc) is 2.69. The van der Waals surface area contributed by atoms with Gasteiger partial charge in [0.15, 0.2) is 0 Å². The van der Waals surface area contributed by atoms with Crippen molar-refractivity contribution >= 4 is 27.3 Å². The highest BCUT2D eigenvalue weighted by Gasteiger charge is 2.26. The molecule has 1 aromatic carbocycles. The van der Waals surface area contributed by atoms with E-state index in [1.807, 2.05) is 12.1 Å². The van der Waals surface area contributed by atoms with Gasteiger partial charge in [-0.2, -0.15) is 0 Å². The van der Waals surface area contributed by atoms with Crippen LogP contribution in [0.4, 0.5) is 0 Å². The van der Waals surface area contributed by atoms with Crippen molar-refractivity contribution in [2.24, 2.45) is 11.1 Å². The van der Waals surface area contributed by atoms with Crippen LogP contribution in [0.5, 0.6) is 0 Å². The van der Waals surface area contributed by atoms with Crippen molar-refractivity contribution in [3.05, 3.63) is 38.6 Å². The molecule has 0 saturated heterocycles. The molecule has 4 heteroatoms. The summed E-state index contributed by atoms with van der Waals surface area (Å²) < 4.78 is 1.07. The molecule has 0 amide bonds. The predicted octanol–water partition coefficient (Wildman–Crippen LogP) is 4.93. The zero-order chi connectivity index (χ0) is 14.2. The third-order valence-corrected chi connectivity index (χ3v) is 4.66. The largest absolute Gasteiger partial charge is 0.322 e. The van der Waals surface area contributed by atoms with Crippen LogP contribution < -0.4 is 5.73 Å². The molecule has 0 radical (unpaired) electrons. The highest BCUT2D eigenvalue weighted by Crippen LogP contribution is 2.36. The molecule has 102 valence electrons. The lowest BCUT2D eigenvalue weighted by Crippen LogP contribution is -2.26. The van der Waals surface area contributed by atoms with Crippen LogP contribution in [0.3, 0.4) is 0 Å². The number of hydrogen-bond acceptors (Lipinski definition) is 3. The van der Waals surface area contributed by atoms with E-state index in [0.717, 1.165) is 20.7 Å². The first-order chi connectivity index (χ1) is 8.79. The number of aryl methyl sites for hydroxylation is 1. The summed E-state index contributed by atoms with van der Waals surface area (Å²) in [5, 5.41) is 1.01. The smallest absolute Gasteiger partial charge is 0.111 e. The summed E-state index contributed by atoms with van der Waals surface area (Å²) in [7, 11) is 0. The number of aromatic nitrogens is 1. The summed E-state index contributed by atoms with van der Waals surface area (Å²) >= 11 is 5.20. The van der Waals surface area contributed by atoms with Crippen molar-refractivity contribution in [2.75, 3.05) is 0 Å². The van der Waals surface area contributed by atoms with Crippen LogP contribution in [0.15, 0.2) is 28.7 Å². The molecule has 0 saturated carbocycles. The molecule has 2 aromatic rings. The van der Waals surface area contributed by atoms with E-state index in [9.17, 15) is 0 Å². The highest BCUT2D eigenvalue weighted by molar-refractivity contribution is 9.10. The summed E-state index contributed by atoms with van der Waals surface area (Å²) in [5.41, 5.74) is 8.50. The number of benzene rings is 1. The van der Waals surface area contributed by atoms with Gasteiger partial charge in [-0.05, 0) is 24.5 Å². The third-order valence-electron chi connectivity index (χ3n) is 3.11. The molecule has 0 aliphatic rings. The first kappa shape index (κ1) is 14.7. The molecular formula is C15H19BrN2S. The van der Waals surface area contributed by atoms with E-state index in [0.29, 0.717) is 0 Å². The second-order valence-electron chi connectivity index (χ2n) is 5.81. The molecular weight excluding hydrogens is 320 g/mol. The Morgan fingerprint density at radius 3 is 2.58 bits per heavy atom. The standard InChI is InChI=1S/C15H19BrN2S/c1-9-12(10-6-5-7-11(16)8-10)18-14(19-9)13(17)15(2,3)4/h5-8,13H,17H2,1-4H3. The Bertz CT molecular complexity index is 584. The van der Waals surface area contributed by atoms with Gasteiger partial charge in [0.1, 0.15) is 5.01 Å². The number of nitrogens with zero attached hydrogens (tertiary/aromatic N) is 1. The van der Waals surface area contributed by atoms with Gasteiger partial charge in [0.2, 0.25) is 0 Å². The molecule has 1 heterocycles. The maximum absolute atomic E-state index is 6.30. The first-order valence-corrected chi connectivity index (χ1v) is 7.89. The normalized spacial score (nSPS) is 13.6. The molecule has 0 bridgehead atoms. The van der Waals surface area contributed by atoms with Crippen molar-refractivity contribution in [1.82, 2.24) is 4.98 Å². The predicted molar refractivity (Wildman–Crippen MR) is 86.4 cm³/mol. The molecule has 0 aliphatic heterocycles. The summed E-state index contributed by atoms with van der Waals surface area (Å²) in [5.74, 6) is 0. The van der Waals surface area contributed by atoms with Crippen molar-refractivity contribution in [2.45, 2.75) is 33.7 Å². The molecule has 0 spiro atoms. The average molecular weight is 339 g/mol. The molecule has 2 rings (SSSR count). The molecule has 0 aliphatic carbocycles. The van der Waals surface area contributed by atoms with E-state index in [1.165, 1.54) is 4.88 Å². The van der Waals surface area contributed by atoms with Crippen molar-refractivity contribution in [1.29, 1.82) is 0 Å². The fraction of sp³-hybridized carbons (Fsp3) is 0.400. The van der Waals surface area contributed by atoms with Gasteiger partial charge < -0.3 is 5.73 Å². The number of thiazole rings is 1. The third kappa shape index (κ3) is 3.25. The quantitative estimate of drug-likeness (QED) is 0.843. The Balaban J connectivity index is 2.42. The summed E-state index contributed by atoms with van der Waals surface area (Å²) in [4.78, 5) is 5.98. The van der Waals surface area contributed by atoms with Crippen LogP contribution >= 0.6 is 27.3 Å². The number of nitrogens with two attached hydrogens (primary N) is 1. The highest BCUT2D eigenvalue weighted by atomic mass is 79.9. The maximum atomic E-state index is 6.30. The van der Waals surface area contributed by atoms with Crippen molar-refractivity contribution in [3.8, 4) is 11.3 Å². The summed E-state index contributed by atoms with van der Waals surface area (Å²) in [6, 6.07) is 8.19. The minimum Gasteiger partial charge on any atom is -0.322 e. The number of halogens is 1. The SMILES string of the molecule is Cc1sc(C(N)C(C)(C)C)nc1-c1cccc(Br)c1. The van der Waals surface area contributed by atoms with E-state index in [1.54, 1.807) is 11.3 Å². The Morgan fingerprint density at radius 1 is 1.32 bits per heavy atom. The van der Waals surface area contributed by atoms with Crippen LogP contribution in [-0.2, 0) is 0 Å². The summed E-state index contributed by atoms with van der Waals surface area (Å²) in [6.45, 7) is 8.54. The fourth-order valence-corrected chi connectivity index (χ4v) is 3.41. The number of rotatable bonds is 2. The van der Waals surface area contributed by atoms with E-state index in [-0.39, 0.29) is 11.5 Å². The molecule has 19 heavy (non-hydrogen) atoms. The molecule has 1 atom stereocenters. The van der Waals surface area contributed by atoms with Gasteiger partial charge in [-0.15, -0.1) is 11.3 Å². The maximum Gasteiger partial charge on any atom is 0.111 e.